The number of hydrogen-bond donors (Lipinski definition) is 0. The Morgan fingerprint density at radius 1 is 1.00 bits per heavy atom. The van der Waals surface area contributed by atoms with Crippen LogP contribution in [0.25, 0.3) is 0 Å². The van der Waals surface area contributed by atoms with E-state index in [1.807, 2.05) is 30.3 Å². The highest BCUT2D eigenvalue weighted by Gasteiger charge is 2.14. The highest BCUT2D eigenvalue weighted by molar-refractivity contribution is 6.09. The van der Waals surface area contributed by atoms with Crippen LogP contribution in [0, 0.1) is 0 Å². The van der Waals surface area contributed by atoms with Gasteiger partial charge in [-0.05, 0) is 24.7 Å². The van der Waals surface area contributed by atoms with Crippen LogP contribution in [0.5, 0.6) is 5.75 Å². The average Bonchev–Trinajstić information content (AvgIpc) is 2.64. The standard InChI is InChI=1S/C20H24N2O2/c1-21-10-12-22(13-11-21)15-16-6-8-17(9-7-16)20(23)18-4-3-5-19(14-18)24-2/h3-9,14H,10-13,15H2,1-2H3. The molecule has 0 N–H and O–H groups in total. The van der Waals surface area contributed by atoms with Crippen LogP contribution < -0.4 is 4.74 Å². The van der Waals surface area contributed by atoms with Crippen LogP contribution in [0.1, 0.15) is 21.5 Å². The first-order chi connectivity index (χ1) is 11.7. The second-order valence-corrected chi connectivity index (χ2v) is 6.34. The van der Waals surface area contributed by atoms with Crippen LogP contribution in [-0.2, 0) is 6.54 Å². The lowest BCUT2D eigenvalue weighted by Gasteiger charge is -2.32. The summed E-state index contributed by atoms with van der Waals surface area (Å²) < 4.78 is 5.19. The fourth-order valence-corrected chi connectivity index (χ4v) is 2.96. The van der Waals surface area contributed by atoms with Gasteiger partial charge in [0.15, 0.2) is 5.78 Å². The second kappa shape index (κ2) is 7.60. The van der Waals surface area contributed by atoms with E-state index in [0.717, 1.165) is 32.7 Å². The van der Waals surface area contributed by atoms with Gasteiger partial charge in [0.2, 0.25) is 0 Å². The molecule has 0 amide bonds. The zero-order valence-electron chi connectivity index (χ0n) is 14.4. The third-order valence-electron chi connectivity index (χ3n) is 4.55. The summed E-state index contributed by atoms with van der Waals surface area (Å²) in [5.41, 5.74) is 2.62. The summed E-state index contributed by atoms with van der Waals surface area (Å²) in [6, 6.07) is 15.3. The molecule has 3 rings (SSSR count). The lowest BCUT2D eigenvalue weighted by molar-refractivity contribution is 0.103. The van der Waals surface area contributed by atoms with E-state index in [0.29, 0.717) is 16.9 Å². The van der Waals surface area contributed by atoms with Gasteiger partial charge in [0.05, 0.1) is 7.11 Å². The molecule has 1 heterocycles. The number of carbonyl (C=O) groups excluding carboxylic acids is 1. The SMILES string of the molecule is COc1cccc(C(=O)c2ccc(CN3CCN(C)CC3)cc2)c1. The molecule has 4 nitrogen and oxygen atoms in total. The van der Waals surface area contributed by atoms with Crippen LogP contribution in [0.4, 0.5) is 0 Å². The zero-order valence-corrected chi connectivity index (χ0v) is 14.4. The number of carbonyl (C=O) groups is 1. The summed E-state index contributed by atoms with van der Waals surface area (Å²) >= 11 is 0. The molecule has 1 saturated heterocycles. The number of methoxy groups -OCH3 is 1. The lowest BCUT2D eigenvalue weighted by Crippen LogP contribution is -2.43. The van der Waals surface area contributed by atoms with Gasteiger partial charge in [0.1, 0.15) is 5.75 Å². The third-order valence-corrected chi connectivity index (χ3v) is 4.55. The topological polar surface area (TPSA) is 32.8 Å². The van der Waals surface area contributed by atoms with Gasteiger partial charge in [0, 0.05) is 43.9 Å². The molecule has 126 valence electrons. The highest BCUT2D eigenvalue weighted by atomic mass is 16.5. The number of rotatable bonds is 5. The molecule has 1 aliphatic rings. The van der Waals surface area contributed by atoms with Crippen molar-refractivity contribution in [3.05, 3.63) is 65.2 Å². The minimum atomic E-state index is 0.0278. The Hall–Kier alpha value is -2.17. The largest absolute Gasteiger partial charge is 0.497 e. The van der Waals surface area contributed by atoms with E-state index in [1.165, 1.54) is 5.56 Å². The van der Waals surface area contributed by atoms with Crippen LogP contribution in [0.15, 0.2) is 48.5 Å². The molecule has 0 unspecified atom stereocenters. The minimum Gasteiger partial charge on any atom is -0.497 e. The van der Waals surface area contributed by atoms with Gasteiger partial charge in [-0.25, -0.2) is 0 Å². The molecule has 0 saturated carbocycles. The number of ketones is 1. The number of piperazine rings is 1. The first-order valence-electron chi connectivity index (χ1n) is 8.34. The summed E-state index contributed by atoms with van der Waals surface area (Å²) in [6.45, 7) is 5.38. The summed E-state index contributed by atoms with van der Waals surface area (Å²) in [6.07, 6.45) is 0. The van der Waals surface area contributed by atoms with Crippen molar-refractivity contribution in [2.45, 2.75) is 6.54 Å². The van der Waals surface area contributed by atoms with Gasteiger partial charge in [-0.15, -0.1) is 0 Å². The van der Waals surface area contributed by atoms with Crippen molar-refractivity contribution in [3.63, 3.8) is 0 Å². The average molecular weight is 324 g/mol. The Balaban J connectivity index is 1.66. The molecule has 0 atom stereocenters. The first kappa shape index (κ1) is 16.7. The number of hydrogen-bond acceptors (Lipinski definition) is 4. The molecule has 0 radical (unpaired) electrons. The lowest BCUT2D eigenvalue weighted by atomic mass is 10.0. The van der Waals surface area contributed by atoms with E-state index in [1.54, 1.807) is 13.2 Å². The molecule has 0 aromatic heterocycles. The second-order valence-electron chi connectivity index (χ2n) is 6.34. The summed E-state index contributed by atoms with van der Waals surface area (Å²) in [5.74, 6) is 0.729. The van der Waals surface area contributed by atoms with Crippen LogP contribution in [0.2, 0.25) is 0 Å². The van der Waals surface area contributed by atoms with Crippen molar-refractivity contribution < 1.29 is 9.53 Å². The smallest absolute Gasteiger partial charge is 0.193 e. The van der Waals surface area contributed by atoms with Crippen molar-refractivity contribution in [2.24, 2.45) is 0 Å². The number of nitrogens with zero attached hydrogens (tertiary/aromatic N) is 2. The molecule has 2 aromatic rings. The maximum Gasteiger partial charge on any atom is 0.193 e. The van der Waals surface area contributed by atoms with Crippen molar-refractivity contribution in [2.75, 3.05) is 40.3 Å². The van der Waals surface area contributed by atoms with Gasteiger partial charge in [-0.2, -0.15) is 0 Å². The Labute approximate surface area is 143 Å². The fraction of sp³-hybridized carbons (Fsp3) is 0.350. The monoisotopic (exact) mass is 324 g/mol. The Kier molecular flexibility index (Phi) is 5.28. The van der Waals surface area contributed by atoms with E-state index in [4.69, 9.17) is 4.74 Å². The molecule has 1 fully saturated rings. The third kappa shape index (κ3) is 4.02. The van der Waals surface area contributed by atoms with Crippen LogP contribution in [-0.4, -0.2) is 55.9 Å². The van der Waals surface area contributed by atoms with E-state index < -0.39 is 0 Å². The summed E-state index contributed by atoms with van der Waals surface area (Å²) in [5, 5.41) is 0. The molecule has 2 aromatic carbocycles. The highest BCUT2D eigenvalue weighted by Crippen LogP contribution is 2.17. The normalized spacial score (nSPS) is 16.1. The molecule has 0 bridgehead atoms. The maximum atomic E-state index is 12.6. The van der Waals surface area contributed by atoms with E-state index >= 15 is 0 Å². The Bertz CT molecular complexity index is 689. The number of benzene rings is 2. The van der Waals surface area contributed by atoms with Crippen LogP contribution in [0.3, 0.4) is 0 Å². The Morgan fingerprint density at radius 3 is 2.38 bits per heavy atom. The van der Waals surface area contributed by atoms with Crippen LogP contribution >= 0.6 is 0 Å². The molecule has 1 aliphatic heterocycles. The number of ether oxygens (including phenoxy) is 1. The van der Waals surface area contributed by atoms with Crippen molar-refractivity contribution in [1.82, 2.24) is 9.80 Å². The van der Waals surface area contributed by atoms with Crippen molar-refractivity contribution in [1.29, 1.82) is 0 Å². The molecule has 24 heavy (non-hydrogen) atoms. The summed E-state index contributed by atoms with van der Waals surface area (Å²) in [7, 11) is 3.77. The van der Waals surface area contributed by atoms with Crippen molar-refractivity contribution in [3.8, 4) is 5.75 Å². The zero-order chi connectivity index (χ0) is 16.9. The van der Waals surface area contributed by atoms with Gasteiger partial charge in [-0.1, -0.05) is 36.4 Å². The van der Waals surface area contributed by atoms with Crippen molar-refractivity contribution >= 4 is 5.78 Å². The molecule has 4 heteroatoms. The number of likely N-dealkylation sites (N-methyl/N-ethyl adjacent to an activating group) is 1. The van der Waals surface area contributed by atoms with Gasteiger partial charge >= 0.3 is 0 Å². The first-order valence-corrected chi connectivity index (χ1v) is 8.34. The predicted octanol–water partition coefficient (Wildman–Crippen LogP) is 2.67. The maximum absolute atomic E-state index is 12.6. The van der Waals surface area contributed by atoms with Gasteiger partial charge in [-0.3, -0.25) is 9.69 Å². The summed E-state index contributed by atoms with van der Waals surface area (Å²) in [4.78, 5) is 17.4. The molecular weight excluding hydrogens is 300 g/mol. The van der Waals surface area contributed by atoms with E-state index in [-0.39, 0.29) is 5.78 Å². The molecular formula is C20H24N2O2. The van der Waals surface area contributed by atoms with Gasteiger partial charge < -0.3 is 9.64 Å². The fourth-order valence-electron chi connectivity index (χ4n) is 2.96. The molecule has 0 spiro atoms. The Morgan fingerprint density at radius 2 is 1.71 bits per heavy atom. The quantitative estimate of drug-likeness (QED) is 0.792. The van der Waals surface area contributed by atoms with E-state index in [9.17, 15) is 4.79 Å². The minimum absolute atomic E-state index is 0.0278. The predicted molar refractivity (Wildman–Crippen MR) is 95.6 cm³/mol. The molecule has 0 aliphatic carbocycles. The van der Waals surface area contributed by atoms with Gasteiger partial charge in [0.25, 0.3) is 0 Å². The van der Waals surface area contributed by atoms with E-state index in [2.05, 4.69) is 29.0 Å².